The van der Waals surface area contributed by atoms with E-state index >= 15 is 0 Å². The average Bonchev–Trinajstić information content (AvgIpc) is 2.96. The standard InChI is InChI=1S/C27H44O4/c1-7-19(12-13-20-16-22(28)17-24(29)18(20)2)23-15-14-21(26(23,3)4)10-8-9-11-25(30)27(5,6)31/h12-13,21-24,28-29,31H,2,7-11,14-17H2,1,3-6H3/b19-12+,20-13-/t21-,22+,23-,24?/m0/s1. The lowest BCUT2D eigenvalue weighted by atomic mass is 9.70. The molecule has 0 aliphatic heterocycles. The zero-order chi connectivity index (χ0) is 23.4. The number of aliphatic hydroxyl groups excluding tert-OH is 2. The first-order valence-corrected chi connectivity index (χ1v) is 12.1. The van der Waals surface area contributed by atoms with Gasteiger partial charge in [0.25, 0.3) is 0 Å². The number of ketones is 1. The zero-order valence-corrected chi connectivity index (χ0v) is 20.3. The minimum absolute atomic E-state index is 0.0696. The number of hydrogen-bond acceptors (Lipinski definition) is 4. The summed E-state index contributed by atoms with van der Waals surface area (Å²) in [5.74, 6) is 1.08. The van der Waals surface area contributed by atoms with Crippen molar-refractivity contribution in [3.8, 4) is 0 Å². The fraction of sp³-hybridized carbons (Fsp3) is 0.741. The molecule has 0 saturated heterocycles. The Bertz CT molecular complexity index is 707. The predicted octanol–water partition coefficient (Wildman–Crippen LogP) is 5.27. The number of carbonyl (C=O) groups is 1. The van der Waals surface area contributed by atoms with Gasteiger partial charge in [-0.05, 0) is 80.8 Å². The van der Waals surface area contributed by atoms with Crippen molar-refractivity contribution < 1.29 is 20.1 Å². The maximum atomic E-state index is 11.9. The van der Waals surface area contributed by atoms with Gasteiger partial charge in [0.2, 0.25) is 0 Å². The summed E-state index contributed by atoms with van der Waals surface area (Å²) < 4.78 is 0. The van der Waals surface area contributed by atoms with E-state index in [4.69, 9.17) is 0 Å². The highest BCUT2D eigenvalue weighted by Gasteiger charge is 2.43. The first kappa shape index (κ1) is 26.0. The third-order valence-electron chi connectivity index (χ3n) is 7.76. The van der Waals surface area contributed by atoms with Crippen molar-refractivity contribution in [2.24, 2.45) is 17.3 Å². The first-order chi connectivity index (χ1) is 14.4. The smallest absolute Gasteiger partial charge is 0.163 e. The van der Waals surface area contributed by atoms with E-state index in [-0.39, 0.29) is 11.2 Å². The molecular formula is C27H44O4. The summed E-state index contributed by atoms with van der Waals surface area (Å²) in [7, 11) is 0. The summed E-state index contributed by atoms with van der Waals surface area (Å²) in [6.45, 7) is 14.1. The number of aliphatic hydroxyl groups is 3. The molecule has 0 heterocycles. The summed E-state index contributed by atoms with van der Waals surface area (Å²) in [5.41, 5.74) is 2.10. The van der Waals surface area contributed by atoms with Gasteiger partial charge < -0.3 is 15.3 Å². The molecule has 2 rings (SSSR count). The van der Waals surface area contributed by atoms with Crippen molar-refractivity contribution in [3.05, 3.63) is 35.5 Å². The quantitative estimate of drug-likeness (QED) is 0.434. The van der Waals surface area contributed by atoms with Crippen LogP contribution >= 0.6 is 0 Å². The van der Waals surface area contributed by atoms with Gasteiger partial charge in [0.1, 0.15) is 5.60 Å². The Morgan fingerprint density at radius 2 is 1.90 bits per heavy atom. The Hall–Kier alpha value is -1.23. The minimum atomic E-state index is -1.22. The first-order valence-electron chi connectivity index (χ1n) is 12.1. The molecule has 4 nitrogen and oxygen atoms in total. The number of rotatable bonds is 9. The number of Topliss-reactive ketones (excluding diaryl/α,β-unsaturated/α-hetero) is 1. The van der Waals surface area contributed by atoms with Crippen LogP contribution in [-0.2, 0) is 4.79 Å². The molecule has 0 aromatic heterocycles. The van der Waals surface area contributed by atoms with Gasteiger partial charge in [0.15, 0.2) is 5.78 Å². The van der Waals surface area contributed by atoms with E-state index in [1.807, 2.05) is 0 Å². The van der Waals surface area contributed by atoms with Gasteiger partial charge in [-0.3, -0.25) is 4.79 Å². The molecule has 0 aromatic carbocycles. The summed E-state index contributed by atoms with van der Waals surface area (Å²) in [6, 6.07) is 0. The lowest BCUT2D eigenvalue weighted by molar-refractivity contribution is -0.134. The van der Waals surface area contributed by atoms with Crippen LogP contribution in [-0.4, -0.2) is 38.9 Å². The molecule has 176 valence electrons. The Morgan fingerprint density at radius 1 is 1.23 bits per heavy atom. The second kappa shape index (κ2) is 10.6. The van der Waals surface area contributed by atoms with Crippen molar-refractivity contribution >= 4 is 5.78 Å². The van der Waals surface area contributed by atoms with Crippen LogP contribution in [0, 0.1) is 17.3 Å². The number of allylic oxidation sites excluding steroid dienone is 3. The van der Waals surface area contributed by atoms with E-state index in [2.05, 4.69) is 39.5 Å². The van der Waals surface area contributed by atoms with E-state index in [1.54, 1.807) is 13.8 Å². The average molecular weight is 433 g/mol. The van der Waals surface area contributed by atoms with Gasteiger partial charge in [-0.2, -0.15) is 0 Å². The Morgan fingerprint density at radius 3 is 2.52 bits per heavy atom. The van der Waals surface area contributed by atoms with Gasteiger partial charge in [-0.1, -0.05) is 51.5 Å². The Kier molecular flexibility index (Phi) is 8.89. The zero-order valence-electron chi connectivity index (χ0n) is 20.3. The second-order valence-corrected chi connectivity index (χ2v) is 10.8. The molecule has 2 fully saturated rings. The number of unbranched alkanes of at least 4 members (excludes halogenated alkanes) is 1. The lowest BCUT2D eigenvalue weighted by Crippen LogP contribution is -2.30. The Labute approximate surface area is 189 Å². The summed E-state index contributed by atoms with van der Waals surface area (Å²) >= 11 is 0. The molecule has 2 aliphatic carbocycles. The fourth-order valence-electron chi connectivity index (χ4n) is 5.50. The van der Waals surface area contributed by atoms with Crippen molar-refractivity contribution in [3.63, 3.8) is 0 Å². The largest absolute Gasteiger partial charge is 0.393 e. The maximum Gasteiger partial charge on any atom is 0.163 e. The summed E-state index contributed by atoms with van der Waals surface area (Å²) in [4.78, 5) is 11.9. The molecule has 2 saturated carbocycles. The van der Waals surface area contributed by atoms with E-state index in [9.17, 15) is 20.1 Å². The Balaban J connectivity index is 2.00. The predicted molar refractivity (Wildman–Crippen MR) is 127 cm³/mol. The third-order valence-corrected chi connectivity index (χ3v) is 7.76. The SMILES string of the molecule is C=C1/C(=C\C=C(/CC)[C@@H]2CC[C@H](CCCCC(=O)C(C)(C)O)C2(C)C)C[C@@H](O)CC1O. The third kappa shape index (κ3) is 6.63. The normalized spacial score (nSPS) is 30.8. The van der Waals surface area contributed by atoms with Gasteiger partial charge in [-0.25, -0.2) is 0 Å². The van der Waals surface area contributed by atoms with Crippen molar-refractivity contribution in [1.29, 1.82) is 0 Å². The van der Waals surface area contributed by atoms with Crippen LogP contribution in [0.1, 0.15) is 92.4 Å². The van der Waals surface area contributed by atoms with Crippen LogP contribution in [0.3, 0.4) is 0 Å². The van der Waals surface area contributed by atoms with Crippen LogP contribution in [0.2, 0.25) is 0 Å². The second-order valence-electron chi connectivity index (χ2n) is 10.8. The molecule has 0 bridgehead atoms. The van der Waals surface area contributed by atoms with Gasteiger partial charge >= 0.3 is 0 Å². The molecule has 0 spiro atoms. The number of carbonyl (C=O) groups excluding carboxylic acids is 1. The molecule has 2 aliphatic rings. The molecule has 0 amide bonds. The summed E-state index contributed by atoms with van der Waals surface area (Å²) in [5, 5.41) is 29.9. The fourth-order valence-corrected chi connectivity index (χ4v) is 5.50. The maximum absolute atomic E-state index is 11.9. The molecule has 0 aromatic rings. The van der Waals surface area contributed by atoms with Crippen LogP contribution in [0.4, 0.5) is 0 Å². The van der Waals surface area contributed by atoms with Crippen molar-refractivity contribution in [2.45, 2.75) is 110 Å². The highest BCUT2D eigenvalue weighted by Crippen LogP contribution is 2.53. The molecule has 1 unspecified atom stereocenters. The topological polar surface area (TPSA) is 77.8 Å². The van der Waals surface area contributed by atoms with E-state index in [0.29, 0.717) is 31.1 Å². The monoisotopic (exact) mass is 432 g/mol. The molecule has 3 N–H and O–H groups in total. The van der Waals surface area contributed by atoms with E-state index in [0.717, 1.165) is 36.8 Å². The minimum Gasteiger partial charge on any atom is -0.393 e. The van der Waals surface area contributed by atoms with Crippen LogP contribution < -0.4 is 0 Å². The molecule has 4 heteroatoms. The van der Waals surface area contributed by atoms with E-state index < -0.39 is 17.8 Å². The highest BCUT2D eigenvalue weighted by molar-refractivity contribution is 5.86. The molecule has 4 atom stereocenters. The van der Waals surface area contributed by atoms with E-state index in [1.165, 1.54) is 18.4 Å². The molecule has 31 heavy (non-hydrogen) atoms. The van der Waals surface area contributed by atoms with Crippen LogP contribution in [0.25, 0.3) is 0 Å². The molecular weight excluding hydrogens is 388 g/mol. The van der Waals surface area contributed by atoms with Crippen LogP contribution in [0.15, 0.2) is 35.5 Å². The van der Waals surface area contributed by atoms with Gasteiger partial charge in [0.05, 0.1) is 12.2 Å². The van der Waals surface area contributed by atoms with Gasteiger partial charge in [-0.15, -0.1) is 0 Å². The van der Waals surface area contributed by atoms with Crippen molar-refractivity contribution in [1.82, 2.24) is 0 Å². The van der Waals surface area contributed by atoms with Crippen molar-refractivity contribution in [2.75, 3.05) is 0 Å². The lowest BCUT2D eigenvalue weighted by Gasteiger charge is -2.35. The molecule has 0 radical (unpaired) electrons. The summed E-state index contributed by atoms with van der Waals surface area (Å²) in [6.07, 6.45) is 10.9. The van der Waals surface area contributed by atoms with Crippen LogP contribution in [0.5, 0.6) is 0 Å². The van der Waals surface area contributed by atoms with Gasteiger partial charge in [0, 0.05) is 12.8 Å². The number of hydrogen-bond donors (Lipinski definition) is 3. The highest BCUT2D eigenvalue weighted by atomic mass is 16.3.